The molecule has 3 rings (SSSR count). The highest BCUT2D eigenvalue weighted by molar-refractivity contribution is 6.16. The molecule has 0 atom stereocenters. The van der Waals surface area contributed by atoms with E-state index < -0.39 is 0 Å². The molecule has 0 bridgehead atoms. The number of ether oxygens (including phenoxy) is 1. The maximum atomic E-state index is 13.8. The Balaban J connectivity index is 2.08. The van der Waals surface area contributed by atoms with Crippen molar-refractivity contribution >= 4 is 22.6 Å². The van der Waals surface area contributed by atoms with Gasteiger partial charge in [-0.25, -0.2) is 14.4 Å². The van der Waals surface area contributed by atoms with Gasteiger partial charge in [0.05, 0.1) is 18.5 Å². The molecule has 3 aromatic rings. The van der Waals surface area contributed by atoms with Crippen molar-refractivity contribution in [2.45, 2.75) is 12.4 Å². The van der Waals surface area contributed by atoms with E-state index >= 15 is 0 Å². The van der Waals surface area contributed by atoms with Gasteiger partial charge in [-0.05, 0) is 23.8 Å². The summed E-state index contributed by atoms with van der Waals surface area (Å²) in [4.78, 5) is 8.35. The monoisotopic (exact) mass is 305 g/mol. The Hall–Kier alpha value is -2.14. The number of pyridine rings is 1. The van der Waals surface area contributed by atoms with E-state index in [0.29, 0.717) is 23.8 Å². The second-order valence-electron chi connectivity index (χ2n) is 4.56. The first kappa shape index (κ1) is 13.8. The van der Waals surface area contributed by atoms with E-state index in [1.807, 2.05) is 22.8 Å². The quantitative estimate of drug-likeness (QED) is 0.694. The lowest BCUT2D eigenvalue weighted by atomic mass is 10.2. The molecule has 0 aliphatic rings. The van der Waals surface area contributed by atoms with Crippen LogP contribution in [0.2, 0.25) is 0 Å². The number of para-hydroxylation sites is 1. The van der Waals surface area contributed by atoms with E-state index in [9.17, 15) is 4.39 Å². The highest BCUT2D eigenvalue weighted by Crippen LogP contribution is 2.22. The number of halogens is 2. The Morgan fingerprint density at radius 1 is 1.33 bits per heavy atom. The minimum atomic E-state index is -0.343. The average Bonchev–Trinajstić information content (AvgIpc) is 2.87. The summed E-state index contributed by atoms with van der Waals surface area (Å²) in [6, 6.07) is 8.61. The van der Waals surface area contributed by atoms with Crippen molar-refractivity contribution in [3.63, 3.8) is 0 Å². The molecule has 0 saturated carbocycles. The molecule has 2 heterocycles. The van der Waals surface area contributed by atoms with Crippen LogP contribution in [-0.2, 0) is 12.4 Å². The molecule has 108 valence electrons. The molecular weight excluding hydrogens is 293 g/mol. The van der Waals surface area contributed by atoms with Gasteiger partial charge in [0, 0.05) is 18.8 Å². The maximum Gasteiger partial charge on any atom is 0.213 e. The van der Waals surface area contributed by atoms with E-state index in [2.05, 4.69) is 9.97 Å². The van der Waals surface area contributed by atoms with Crippen molar-refractivity contribution in [1.29, 1.82) is 0 Å². The fourth-order valence-corrected chi connectivity index (χ4v) is 2.49. The lowest BCUT2D eigenvalue weighted by molar-refractivity contribution is 0.397. The highest BCUT2D eigenvalue weighted by atomic mass is 35.5. The molecule has 1 aromatic carbocycles. The van der Waals surface area contributed by atoms with Crippen molar-refractivity contribution in [1.82, 2.24) is 14.5 Å². The standard InChI is InChI=1S/C15H13ClFN3O/c1-21-14-7-10(5-6-18-14)9-20-12-4-2-3-11(17)15(12)19-13(20)8-16/h2-7H,8-9H2,1H3. The zero-order valence-corrected chi connectivity index (χ0v) is 12.1. The number of imidazole rings is 1. The van der Waals surface area contributed by atoms with Crippen LogP contribution >= 0.6 is 11.6 Å². The third-order valence-corrected chi connectivity index (χ3v) is 3.52. The number of benzene rings is 1. The van der Waals surface area contributed by atoms with Gasteiger partial charge in [-0.1, -0.05) is 6.07 Å². The lowest BCUT2D eigenvalue weighted by Crippen LogP contribution is -2.04. The molecule has 0 saturated heterocycles. The average molecular weight is 306 g/mol. The summed E-state index contributed by atoms with van der Waals surface area (Å²) in [6.45, 7) is 0.529. The molecule has 0 N–H and O–H groups in total. The minimum Gasteiger partial charge on any atom is -0.481 e. The molecule has 0 aliphatic carbocycles. The molecule has 21 heavy (non-hydrogen) atoms. The Morgan fingerprint density at radius 2 is 2.19 bits per heavy atom. The zero-order valence-electron chi connectivity index (χ0n) is 11.4. The van der Waals surface area contributed by atoms with E-state index in [4.69, 9.17) is 16.3 Å². The van der Waals surface area contributed by atoms with Gasteiger partial charge in [0.1, 0.15) is 11.3 Å². The Bertz CT molecular complexity index is 788. The molecule has 0 radical (unpaired) electrons. The SMILES string of the molecule is COc1cc(Cn2c(CCl)nc3c(F)cccc32)ccn1. The number of hydrogen-bond donors (Lipinski definition) is 0. The van der Waals surface area contributed by atoms with Crippen LogP contribution in [0.15, 0.2) is 36.5 Å². The maximum absolute atomic E-state index is 13.8. The summed E-state index contributed by atoms with van der Waals surface area (Å²) in [7, 11) is 1.57. The molecule has 0 spiro atoms. The Kier molecular flexibility index (Phi) is 3.75. The number of alkyl halides is 1. The predicted molar refractivity (Wildman–Crippen MR) is 79.1 cm³/mol. The predicted octanol–water partition coefficient (Wildman–Crippen LogP) is 3.37. The zero-order chi connectivity index (χ0) is 14.8. The van der Waals surface area contributed by atoms with Gasteiger partial charge in [0.2, 0.25) is 5.88 Å². The molecular formula is C15H13ClFN3O. The van der Waals surface area contributed by atoms with Gasteiger partial charge >= 0.3 is 0 Å². The topological polar surface area (TPSA) is 39.9 Å². The van der Waals surface area contributed by atoms with Crippen molar-refractivity contribution < 1.29 is 9.13 Å². The van der Waals surface area contributed by atoms with Crippen LogP contribution in [0.1, 0.15) is 11.4 Å². The van der Waals surface area contributed by atoms with Crippen LogP contribution in [-0.4, -0.2) is 21.6 Å². The number of nitrogens with zero attached hydrogens (tertiary/aromatic N) is 3. The first-order valence-corrected chi connectivity index (χ1v) is 6.95. The number of fused-ring (bicyclic) bond motifs is 1. The van der Waals surface area contributed by atoms with Gasteiger partial charge in [-0.15, -0.1) is 11.6 Å². The van der Waals surface area contributed by atoms with Gasteiger partial charge in [0.25, 0.3) is 0 Å². The van der Waals surface area contributed by atoms with Crippen molar-refractivity contribution in [2.75, 3.05) is 7.11 Å². The smallest absolute Gasteiger partial charge is 0.213 e. The van der Waals surface area contributed by atoms with Gasteiger partial charge in [-0.2, -0.15) is 0 Å². The second-order valence-corrected chi connectivity index (χ2v) is 4.83. The molecule has 0 amide bonds. The summed E-state index contributed by atoms with van der Waals surface area (Å²) >= 11 is 5.94. The van der Waals surface area contributed by atoms with E-state index in [1.54, 1.807) is 19.4 Å². The fourth-order valence-electron chi connectivity index (χ4n) is 2.28. The first-order chi connectivity index (χ1) is 10.2. The third-order valence-electron chi connectivity index (χ3n) is 3.28. The molecule has 2 aromatic heterocycles. The van der Waals surface area contributed by atoms with Crippen LogP contribution in [0, 0.1) is 5.82 Å². The van der Waals surface area contributed by atoms with Gasteiger partial charge in [-0.3, -0.25) is 0 Å². The third kappa shape index (κ3) is 2.56. The van der Waals surface area contributed by atoms with Gasteiger partial charge in [0.15, 0.2) is 5.82 Å². The highest BCUT2D eigenvalue weighted by Gasteiger charge is 2.13. The molecule has 0 fully saturated rings. The van der Waals surface area contributed by atoms with Crippen LogP contribution < -0.4 is 4.74 Å². The van der Waals surface area contributed by atoms with E-state index in [-0.39, 0.29) is 11.7 Å². The van der Waals surface area contributed by atoms with Crippen LogP contribution in [0.25, 0.3) is 11.0 Å². The molecule has 0 unspecified atom stereocenters. The summed E-state index contributed by atoms with van der Waals surface area (Å²) in [5, 5.41) is 0. The number of aromatic nitrogens is 3. The van der Waals surface area contributed by atoms with Crippen molar-refractivity contribution in [2.24, 2.45) is 0 Å². The fraction of sp³-hybridized carbons (Fsp3) is 0.200. The van der Waals surface area contributed by atoms with Crippen LogP contribution in [0.3, 0.4) is 0 Å². The van der Waals surface area contributed by atoms with Crippen molar-refractivity contribution in [3.05, 3.63) is 53.7 Å². The van der Waals surface area contributed by atoms with Gasteiger partial charge < -0.3 is 9.30 Å². The summed E-state index contributed by atoms with van der Waals surface area (Å²) < 4.78 is 20.8. The van der Waals surface area contributed by atoms with E-state index in [0.717, 1.165) is 11.1 Å². The lowest BCUT2D eigenvalue weighted by Gasteiger charge is -2.08. The second kappa shape index (κ2) is 5.69. The Morgan fingerprint density at radius 3 is 2.95 bits per heavy atom. The molecule has 4 nitrogen and oxygen atoms in total. The molecule has 6 heteroatoms. The van der Waals surface area contributed by atoms with Crippen LogP contribution in [0.4, 0.5) is 4.39 Å². The van der Waals surface area contributed by atoms with Crippen molar-refractivity contribution in [3.8, 4) is 5.88 Å². The number of rotatable bonds is 4. The number of hydrogen-bond acceptors (Lipinski definition) is 3. The van der Waals surface area contributed by atoms with E-state index in [1.165, 1.54) is 6.07 Å². The number of methoxy groups -OCH3 is 1. The molecule has 0 aliphatic heterocycles. The summed E-state index contributed by atoms with van der Waals surface area (Å²) in [5.41, 5.74) is 2.05. The summed E-state index contributed by atoms with van der Waals surface area (Å²) in [5.74, 6) is 1.05. The summed E-state index contributed by atoms with van der Waals surface area (Å²) in [6.07, 6.45) is 1.67. The normalized spacial score (nSPS) is 11.0. The minimum absolute atomic E-state index is 0.219. The van der Waals surface area contributed by atoms with Crippen LogP contribution in [0.5, 0.6) is 5.88 Å². The largest absolute Gasteiger partial charge is 0.481 e. The first-order valence-electron chi connectivity index (χ1n) is 6.41. The Labute approximate surface area is 126 Å².